The summed E-state index contributed by atoms with van der Waals surface area (Å²) in [5.74, 6) is -4.28. The molecule has 3 aromatic rings. The van der Waals surface area contributed by atoms with Crippen LogP contribution in [0.5, 0.6) is 11.5 Å². The van der Waals surface area contributed by atoms with Gasteiger partial charge in [-0.2, -0.15) is 0 Å². The van der Waals surface area contributed by atoms with Crippen LogP contribution in [0.2, 0.25) is 0 Å². The van der Waals surface area contributed by atoms with Crippen molar-refractivity contribution in [2.24, 2.45) is 17.8 Å². The van der Waals surface area contributed by atoms with E-state index < -0.39 is 47.5 Å². The highest BCUT2D eigenvalue weighted by atomic mass is 16.5. The van der Waals surface area contributed by atoms with Gasteiger partial charge in [0.2, 0.25) is 11.8 Å². The molecule has 228 valence electrons. The molecule has 3 atom stereocenters. The average Bonchev–Trinajstić information content (AvgIpc) is 3.25. The molecule has 4 rings (SSSR count). The Labute approximate surface area is 256 Å². The minimum Gasteiger partial charge on any atom is -0.465 e. The smallest absolute Gasteiger partial charge is 0.343 e. The summed E-state index contributed by atoms with van der Waals surface area (Å²) in [6.07, 6.45) is 4.93. The Morgan fingerprint density at radius 3 is 2.11 bits per heavy atom. The molecule has 3 aromatic carbocycles. The SMILES string of the molecule is CCCCOC(=O)C(CC)C1C(=O)N(c2ccc(OC(=O)c3ccc(OC(=O)/C=C/c4ccccc4)cc3)cc2)C(=O)C1C. The van der Waals surface area contributed by atoms with Crippen molar-refractivity contribution in [3.63, 3.8) is 0 Å². The van der Waals surface area contributed by atoms with E-state index in [1.54, 1.807) is 19.9 Å². The lowest BCUT2D eigenvalue weighted by atomic mass is 9.82. The Balaban J connectivity index is 1.36. The number of unbranched alkanes of at least 4 members (excludes halogenated alkanes) is 1. The second kappa shape index (κ2) is 14.9. The van der Waals surface area contributed by atoms with Gasteiger partial charge in [0.1, 0.15) is 11.5 Å². The van der Waals surface area contributed by atoms with Crippen molar-refractivity contribution >= 4 is 41.5 Å². The number of hydrogen-bond donors (Lipinski definition) is 0. The molecule has 0 N–H and O–H groups in total. The van der Waals surface area contributed by atoms with E-state index in [1.807, 2.05) is 37.3 Å². The van der Waals surface area contributed by atoms with Gasteiger partial charge in [-0.05, 0) is 73.0 Å². The van der Waals surface area contributed by atoms with Gasteiger partial charge in [0.05, 0.1) is 29.7 Å². The summed E-state index contributed by atoms with van der Waals surface area (Å²) in [5, 5.41) is 0. The van der Waals surface area contributed by atoms with E-state index in [0.29, 0.717) is 12.1 Å². The van der Waals surface area contributed by atoms with Crippen molar-refractivity contribution in [2.75, 3.05) is 11.5 Å². The van der Waals surface area contributed by atoms with E-state index in [9.17, 15) is 24.0 Å². The number of esters is 3. The van der Waals surface area contributed by atoms with Gasteiger partial charge in [0.25, 0.3) is 0 Å². The number of imide groups is 1. The summed E-state index contributed by atoms with van der Waals surface area (Å²) in [6, 6.07) is 21.2. The number of rotatable bonds is 12. The van der Waals surface area contributed by atoms with E-state index in [4.69, 9.17) is 14.2 Å². The molecule has 2 amide bonds. The summed E-state index contributed by atoms with van der Waals surface area (Å²) in [5.41, 5.74) is 1.40. The van der Waals surface area contributed by atoms with E-state index in [1.165, 1.54) is 54.6 Å². The molecule has 1 fully saturated rings. The summed E-state index contributed by atoms with van der Waals surface area (Å²) in [4.78, 5) is 65.1. The second-order valence-corrected chi connectivity index (χ2v) is 10.4. The molecule has 0 saturated carbocycles. The molecule has 0 aromatic heterocycles. The standard InChI is InChI=1S/C35H35NO8/c1-4-6-22-42-35(41)29(5-2)31-23(3)32(38)36(33(31)39)26-15-19-28(20-16-26)44-34(40)25-13-17-27(18-14-25)43-30(37)21-12-24-10-8-7-9-11-24/h7-21,23,29,31H,4-6,22H2,1-3H3/b21-12+. The summed E-state index contributed by atoms with van der Waals surface area (Å²) < 4.78 is 16.1. The third-order valence-electron chi connectivity index (χ3n) is 7.40. The molecule has 1 saturated heterocycles. The fourth-order valence-corrected chi connectivity index (χ4v) is 4.96. The molecule has 44 heavy (non-hydrogen) atoms. The van der Waals surface area contributed by atoms with Crippen LogP contribution in [0.25, 0.3) is 6.08 Å². The molecule has 0 aliphatic carbocycles. The monoisotopic (exact) mass is 597 g/mol. The first-order valence-corrected chi connectivity index (χ1v) is 14.6. The van der Waals surface area contributed by atoms with Crippen molar-refractivity contribution in [1.82, 2.24) is 0 Å². The Bertz CT molecular complexity index is 1510. The number of amides is 2. The zero-order chi connectivity index (χ0) is 31.6. The molecule has 1 aliphatic heterocycles. The third-order valence-corrected chi connectivity index (χ3v) is 7.40. The molecule has 1 heterocycles. The number of anilines is 1. The zero-order valence-electron chi connectivity index (χ0n) is 24.9. The maximum absolute atomic E-state index is 13.4. The van der Waals surface area contributed by atoms with Crippen LogP contribution in [-0.4, -0.2) is 36.3 Å². The lowest BCUT2D eigenvalue weighted by molar-refractivity contribution is -0.153. The van der Waals surface area contributed by atoms with Crippen molar-refractivity contribution < 1.29 is 38.2 Å². The molecule has 9 heteroatoms. The topological polar surface area (TPSA) is 116 Å². The summed E-state index contributed by atoms with van der Waals surface area (Å²) in [7, 11) is 0. The summed E-state index contributed by atoms with van der Waals surface area (Å²) >= 11 is 0. The number of ether oxygens (including phenoxy) is 3. The Morgan fingerprint density at radius 1 is 0.841 bits per heavy atom. The predicted octanol–water partition coefficient (Wildman–Crippen LogP) is 6.02. The maximum Gasteiger partial charge on any atom is 0.343 e. The molecule has 1 aliphatic rings. The second-order valence-electron chi connectivity index (χ2n) is 10.4. The molecule has 0 bridgehead atoms. The minimum atomic E-state index is -0.818. The highest BCUT2D eigenvalue weighted by molar-refractivity contribution is 6.22. The number of carbonyl (C=O) groups is 5. The van der Waals surface area contributed by atoms with Gasteiger partial charge in [0, 0.05) is 12.0 Å². The van der Waals surface area contributed by atoms with Crippen molar-refractivity contribution in [3.8, 4) is 11.5 Å². The van der Waals surface area contributed by atoms with Crippen LogP contribution in [0, 0.1) is 17.8 Å². The maximum atomic E-state index is 13.4. The van der Waals surface area contributed by atoms with Crippen molar-refractivity contribution in [3.05, 3.63) is 96.1 Å². The number of hydrogen-bond acceptors (Lipinski definition) is 8. The lowest BCUT2D eigenvalue weighted by Crippen LogP contribution is -2.35. The van der Waals surface area contributed by atoms with E-state index >= 15 is 0 Å². The molecule has 9 nitrogen and oxygen atoms in total. The van der Waals surface area contributed by atoms with Gasteiger partial charge in [-0.15, -0.1) is 0 Å². The largest absolute Gasteiger partial charge is 0.465 e. The molecule has 0 radical (unpaired) electrons. The van der Waals surface area contributed by atoms with Crippen LogP contribution < -0.4 is 14.4 Å². The molecular formula is C35H35NO8. The molecular weight excluding hydrogens is 562 g/mol. The van der Waals surface area contributed by atoms with Crippen LogP contribution in [0.4, 0.5) is 5.69 Å². The van der Waals surface area contributed by atoms with Crippen LogP contribution in [0.1, 0.15) is 56.0 Å². The van der Waals surface area contributed by atoms with Crippen molar-refractivity contribution in [1.29, 1.82) is 0 Å². The highest BCUT2D eigenvalue weighted by Gasteiger charge is 2.51. The fraction of sp³-hybridized carbons (Fsp3) is 0.286. The van der Waals surface area contributed by atoms with Gasteiger partial charge >= 0.3 is 17.9 Å². The fourth-order valence-electron chi connectivity index (χ4n) is 4.96. The quantitative estimate of drug-likeness (QED) is 0.0818. The number of benzene rings is 3. The first-order valence-electron chi connectivity index (χ1n) is 14.6. The molecule has 3 unspecified atom stereocenters. The van der Waals surface area contributed by atoms with Crippen LogP contribution >= 0.6 is 0 Å². The normalized spacial score (nSPS) is 17.0. The Kier molecular flexibility index (Phi) is 10.8. The minimum absolute atomic E-state index is 0.204. The van der Waals surface area contributed by atoms with Gasteiger partial charge in [-0.25, -0.2) is 9.59 Å². The van der Waals surface area contributed by atoms with E-state index in [0.717, 1.165) is 23.3 Å². The van der Waals surface area contributed by atoms with E-state index in [-0.39, 0.29) is 23.7 Å². The number of carbonyl (C=O) groups excluding carboxylic acids is 5. The van der Waals surface area contributed by atoms with E-state index in [2.05, 4.69) is 0 Å². The first kappa shape index (κ1) is 31.9. The first-order chi connectivity index (χ1) is 21.2. The Hall–Kier alpha value is -5.05. The van der Waals surface area contributed by atoms with Crippen LogP contribution in [0.3, 0.4) is 0 Å². The van der Waals surface area contributed by atoms with Crippen LogP contribution in [0.15, 0.2) is 84.9 Å². The van der Waals surface area contributed by atoms with Gasteiger partial charge in [-0.1, -0.05) is 57.5 Å². The van der Waals surface area contributed by atoms with Gasteiger partial charge < -0.3 is 14.2 Å². The average molecular weight is 598 g/mol. The van der Waals surface area contributed by atoms with Gasteiger partial charge in [-0.3, -0.25) is 19.3 Å². The molecule has 0 spiro atoms. The predicted molar refractivity (Wildman–Crippen MR) is 164 cm³/mol. The Morgan fingerprint density at radius 2 is 1.48 bits per heavy atom. The van der Waals surface area contributed by atoms with Gasteiger partial charge in [0.15, 0.2) is 0 Å². The number of nitrogens with zero attached hydrogens (tertiary/aromatic N) is 1. The third kappa shape index (κ3) is 7.66. The zero-order valence-corrected chi connectivity index (χ0v) is 24.9. The summed E-state index contributed by atoms with van der Waals surface area (Å²) in [6.45, 7) is 5.72. The lowest BCUT2D eigenvalue weighted by Gasteiger charge is -2.21. The van der Waals surface area contributed by atoms with Crippen molar-refractivity contribution in [2.45, 2.75) is 40.0 Å². The van der Waals surface area contributed by atoms with Crippen LogP contribution in [-0.2, 0) is 23.9 Å². The highest BCUT2D eigenvalue weighted by Crippen LogP contribution is 2.37.